The van der Waals surface area contributed by atoms with E-state index in [-0.39, 0.29) is 22.7 Å². The van der Waals surface area contributed by atoms with Gasteiger partial charge in [-0.3, -0.25) is 4.79 Å². The Bertz CT molecular complexity index is 735. The third-order valence-corrected chi connectivity index (χ3v) is 14.2. The SMILES string of the molecule is CC1=CCC[C@]2(C)[C@H]3C[C@@H]4O[C@]4(C)C(=O)[C@]3(C)[C@H](O[Si](C)(C)C(C)(C)C)C[C@@H]12. The van der Waals surface area contributed by atoms with Gasteiger partial charge >= 0.3 is 0 Å². The van der Waals surface area contributed by atoms with E-state index >= 15 is 0 Å². The van der Waals surface area contributed by atoms with Crippen LogP contribution in [0.25, 0.3) is 0 Å². The zero-order valence-electron chi connectivity index (χ0n) is 19.4. The summed E-state index contributed by atoms with van der Waals surface area (Å²) in [6.45, 7) is 20.5. The predicted octanol–water partition coefficient (Wildman–Crippen LogP) is 5.90. The van der Waals surface area contributed by atoms with Crippen LogP contribution in [-0.2, 0) is 14.0 Å². The van der Waals surface area contributed by atoms with Crippen LogP contribution in [0.1, 0.15) is 74.1 Å². The first kappa shape index (κ1) is 20.8. The molecule has 1 aliphatic heterocycles. The second-order valence-corrected chi connectivity index (χ2v) is 17.0. The summed E-state index contributed by atoms with van der Waals surface area (Å²) in [4.78, 5) is 13.9. The molecule has 0 unspecified atom stereocenters. The normalized spacial score (nSPS) is 48.3. The molecule has 0 aromatic carbocycles. The second kappa shape index (κ2) is 5.82. The fourth-order valence-electron chi connectivity index (χ4n) is 6.69. The van der Waals surface area contributed by atoms with Crippen molar-refractivity contribution in [3.8, 4) is 0 Å². The summed E-state index contributed by atoms with van der Waals surface area (Å²) in [5, 5.41) is 0.136. The van der Waals surface area contributed by atoms with E-state index in [1.165, 1.54) is 12.0 Å². The van der Waals surface area contributed by atoms with E-state index in [1.54, 1.807) is 0 Å². The maximum absolute atomic E-state index is 13.9. The molecule has 1 saturated heterocycles. The first-order valence-electron chi connectivity index (χ1n) is 11.2. The largest absolute Gasteiger partial charge is 0.413 e. The number of epoxide rings is 1. The van der Waals surface area contributed by atoms with E-state index in [4.69, 9.17) is 9.16 Å². The zero-order valence-corrected chi connectivity index (χ0v) is 20.4. The molecule has 0 N–H and O–H groups in total. The Morgan fingerprint density at radius 1 is 1.18 bits per heavy atom. The molecular formula is C24H40O3Si. The van der Waals surface area contributed by atoms with Crippen molar-refractivity contribution in [1.29, 1.82) is 0 Å². The minimum atomic E-state index is -1.99. The molecular weight excluding hydrogens is 364 g/mol. The van der Waals surface area contributed by atoms with Crippen molar-refractivity contribution in [3.63, 3.8) is 0 Å². The lowest BCUT2D eigenvalue weighted by atomic mass is 9.43. The lowest BCUT2D eigenvalue weighted by Crippen LogP contribution is -2.66. The monoisotopic (exact) mass is 404 g/mol. The molecule has 7 atom stereocenters. The number of fused-ring (bicyclic) bond motifs is 4. The van der Waals surface area contributed by atoms with Crippen molar-refractivity contribution in [2.75, 3.05) is 0 Å². The number of rotatable bonds is 2. The van der Waals surface area contributed by atoms with Crippen LogP contribution >= 0.6 is 0 Å². The number of Topliss-reactive ketones (excluding diaryl/α,β-unsaturated/α-hetero) is 1. The van der Waals surface area contributed by atoms with Crippen LogP contribution in [0.2, 0.25) is 18.1 Å². The van der Waals surface area contributed by atoms with Crippen LogP contribution in [0, 0.1) is 22.7 Å². The summed E-state index contributed by atoms with van der Waals surface area (Å²) < 4.78 is 13.1. The number of hydrogen-bond donors (Lipinski definition) is 0. The molecule has 0 radical (unpaired) electrons. The Labute approximate surface area is 172 Å². The molecule has 3 aliphatic carbocycles. The minimum Gasteiger partial charge on any atom is -0.413 e. The maximum Gasteiger partial charge on any atom is 0.192 e. The zero-order chi connectivity index (χ0) is 20.9. The molecule has 0 bridgehead atoms. The molecule has 0 amide bonds. The average Bonchev–Trinajstić information content (AvgIpc) is 3.23. The van der Waals surface area contributed by atoms with Crippen molar-refractivity contribution in [1.82, 2.24) is 0 Å². The minimum absolute atomic E-state index is 0.00704. The van der Waals surface area contributed by atoms with Crippen molar-refractivity contribution < 1.29 is 14.0 Å². The number of ether oxygens (including phenoxy) is 1. The van der Waals surface area contributed by atoms with Gasteiger partial charge in [-0.25, -0.2) is 0 Å². The van der Waals surface area contributed by atoms with Gasteiger partial charge in [-0.15, -0.1) is 0 Å². The van der Waals surface area contributed by atoms with Crippen LogP contribution in [-0.4, -0.2) is 31.9 Å². The standard InChI is InChI=1S/C24H40O3Si/c1-15-11-10-12-22(5)16(15)13-18(27-28(8,9)21(2,3)4)23(6)17(22)14-19-24(7,26-19)20(23)25/h11,16-19H,10,12-14H2,1-9H3/t16-,17+,18+,19-,22-,23-,24-/m0/s1. The number of allylic oxidation sites excluding steroid dienone is 2. The Morgan fingerprint density at radius 2 is 1.82 bits per heavy atom. The second-order valence-electron chi connectivity index (χ2n) is 12.3. The quantitative estimate of drug-likeness (QED) is 0.327. The van der Waals surface area contributed by atoms with Gasteiger partial charge in [0.2, 0.25) is 0 Å². The van der Waals surface area contributed by atoms with Gasteiger partial charge in [0.05, 0.1) is 17.6 Å². The van der Waals surface area contributed by atoms with Crippen LogP contribution in [0.4, 0.5) is 0 Å². The Balaban J connectivity index is 1.80. The molecule has 158 valence electrons. The van der Waals surface area contributed by atoms with Gasteiger partial charge in [0, 0.05) is 0 Å². The Morgan fingerprint density at radius 3 is 2.43 bits per heavy atom. The van der Waals surface area contributed by atoms with Crippen molar-refractivity contribution >= 4 is 14.1 Å². The van der Waals surface area contributed by atoms with Crippen LogP contribution in [0.5, 0.6) is 0 Å². The molecule has 1 heterocycles. The molecule has 0 spiro atoms. The summed E-state index contributed by atoms with van der Waals surface area (Å²) in [6.07, 6.45) is 6.84. The van der Waals surface area contributed by atoms with Crippen LogP contribution in [0.15, 0.2) is 11.6 Å². The summed E-state index contributed by atoms with van der Waals surface area (Å²) in [5.74, 6) is 1.17. The summed E-state index contributed by atoms with van der Waals surface area (Å²) in [6, 6.07) is 0. The van der Waals surface area contributed by atoms with Gasteiger partial charge in [-0.05, 0) is 81.8 Å². The van der Waals surface area contributed by atoms with Gasteiger partial charge in [0.1, 0.15) is 0 Å². The Kier molecular flexibility index (Phi) is 4.33. The van der Waals surface area contributed by atoms with E-state index in [1.807, 2.05) is 6.92 Å². The van der Waals surface area contributed by atoms with Gasteiger partial charge in [-0.1, -0.05) is 39.3 Å². The van der Waals surface area contributed by atoms with Crippen LogP contribution < -0.4 is 0 Å². The molecule has 3 fully saturated rings. The number of hydrogen-bond acceptors (Lipinski definition) is 3. The molecule has 4 aliphatic rings. The molecule has 0 aromatic rings. The highest BCUT2D eigenvalue weighted by Gasteiger charge is 2.75. The van der Waals surface area contributed by atoms with Crippen molar-refractivity contribution in [3.05, 3.63) is 11.6 Å². The molecule has 3 nitrogen and oxygen atoms in total. The van der Waals surface area contributed by atoms with Crippen LogP contribution in [0.3, 0.4) is 0 Å². The summed E-state index contributed by atoms with van der Waals surface area (Å²) >= 11 is 0. The number of carbonyl (C=O) groups is 1. The van der Waals surface area contributed by atoms with E-state index in [9.17, 15) is 4.79 Å². The molecule has 28 heavy (non-hydrogen) atoms. The van der Waals surface area contributed by atoms with E-state index in [0.717, 1.165) is 19.3 Å². The highest BCUT2D eigenvalue weighted by molar-refractivity contribution is 6.74. The molecule has 0 aromatic heterocycles. The molecule has 2 saturated carbocycles. The van der Waals surface area contributed by atoms with Gasteiger partial charge < -0.3 is 9.16 Å². The van der Waals surface area contributed by atoms with E-state index < -0.39 is 19.3 Å². The van der Waals surface area contributed by atoms with Gasteiger partial charge in [0.15, 0.2) is 19.7 Å². The third-order valence-electron chi connectivity index (χ3n) is 9.71. The lowest BCUT2D eigenvalue weighted by molar-refractivity contribution is -0.170. The molecule has 4 heteroatoms. The number of ketones is 1. The topological polar surface area (TPSA) is 38.8 Å². The fraction of sp³-hybridized carbons (Fsp3) is 0.875. The predicted molar refractivity (Wildman–Crippen MR) is 116 cm³/mol. The van der Waals surface area contributed by atoms with Gasteiger partial charge in [-0.2, -0.15) is 0 Å². The fourth-order valence-corrected chi connectivity index (χ4v) is 8.10. The maximum atomic E-state index is 13.9. The van der Waals surface area contributed by atoms with Crippen molar-refractivity contribution in [2.45, 2.75) is 110 Å². The molecule has 4 rings (SSSR count). The van der Waals surface area contributed by atoms with Gasteiger partial charge in [0.25, 0.3) is 0 Å². The number of carbonyl (C=O) groups excluding carboxylic acids is 1. The lowest BCUT2D eigenvalue weighted by Gasteiger charge is -2.62. The first-order valence-corrected chi connectivity index (χ1v) is 14.2. The Hall–Kier alpha value is -0.453. The van der Waals surface area contributed by atoms with E-state index in [2.05, 4.69) is 60.7 Å². The first-order chi connectivity index (χ1) is 12.7. The third kappa shape index (κ3) is 2.56. The highest BCUT2D eigenvalue weighted by atomic mass is 28.4. The van der Waals surface area contributed by atoms with Crippen molar-refractivity contribution in [2.24, 2.45) is 22.7 Å². The summed E-state index contributed by atoms with van der Waals surface area (Å²) in [5.41, 5.74) is 0.671. The highest BCUT2D eigenvalue weighted by Crippen LogP contribution is 2.68. The smallest absolute Gasteiger partial charge is 0.192 e. The van der Waals surface area contributed by atoms with E-state index in [0.29, 0.717) is 17.6 Å². The summed E-state index contributed by atoms with van der Waals surface area (Å²) in [7, 11) is -1.99. The average molecular weight is 405 g/mol.